The lowest BCUT2D eigenvalue weighted by molar-refractivity contribution is 0.202. The monoisotopic (exact) mass is 287 g/mol. The summed E-state index contributed by atoms with van der Waals surface area (Å²) in [6.45, 7) is 2.68. The van der Waals surface area contributed by atoms with Crippen molar-refractivity contribution in [1.29, 1.82) is 0 Å². The molecule has 0 aliphatic rings. The van der Waals surface area contributed by atoms with Crippen molar-refractivity contribution in [2.75, 3.05) is 24.5 Å². The SMILES string of the molecule is CCc1nc(NN)cc(Nc2ccccc2CCOC)n1. The number of hydrogen-bond donors (Lipinski definition) is 3. The van der Waals surface area contributed by atoms with Crippen molar-refractivity contribution in [3.63, 3.8) is 0 Å². The van der Waals surface area contributed by atoms with Gasteiger partial charge in [0.2, 0.25) is 0 Å². The number of aromatic nitrogens is 2. The minimum atomic E-state index is 0.596. The summed E-state index contributed by atoms with van der Waals surface area (Å²) in [6.07, 6.45) is 1.59. The summed E-state index contributed by atoms with van der Waals surface area (Å²) < 4.78 is 5.14. The molecule has 21 heavy (non-hydrogen) atoms. The molecule has 1 heterocycles. The molecule has 0 fully saturated rings. The Balaban J connectivity index is 2.25. The van der Waals surface area contributed by atoms with Crippen LogP contribution in [0.3, 0.4) is 0 Å². The second-order valence-corrected chi connectivity index (χ2v) is 4.58. The minimum absolute atomic E-state index is 0.596. The quantitative estimate of drug-likeness (QED) is 0.535. The molecular formula is C15H21N5O. The summed E-state index contributed by atoms with van der Waals surface area (Å²) in [6, 6.07) is 9.88. The Morgan fingerprint density at radius 1 is 1.19 bits per heavy atom. The number of para-hydroxylation sites is 1. The number of benzene rings is 1. The maximum Gasteiger partial charge on any atom is 0.145 e. The molecule has 0 unspecified atom stereocenters. The van der Waals surface area contributed by atoms with Crippen molar-refractivity contribution in [1.82, 2.24) is 9.97 Å². The van der Waals surface area contributed by atoms with Crippen molar-refractivity contribution in [3.05, 3.63) is 41.7 Å². The summed E-state index contributed by atoms with van der Waals surface area (Å²) in [4.78, 5) is 8.74. The van der Waals surface area contributed by atoms with E-state index in [4.69, 9.17) is 10.6 Å². The Bertz CT molecular complexity index is 566. The van der Waals surface area contributed by atoms with Crippen molar-refractivity contribution >= 4 is 17.3 Å². The van der Waals surface area contributed by atoms with Gasteiger partial charge in [0.15, 0.2) is 0 Å². The number of aryl methyl sites for hydroxylation is 1. The molecule has 0 amide bonds. The Labute approximate surface area is 124 Å². The van der Waals surface area contributed by atoms with E-state index < -0.39 is 0 Å². The van der Waals surface area contributed by atoms with Crippen LogP contribution in [0.25, 0.3) is 0 Å². The number of hydrazine groups is 1. The average molecular weight is 287 g/mol. The molecule has 0 aliphatic heterocycles. The normalized spacial score (nSPS) is 10.4. The van der Waals surface area contributed by atoms with Crippen molar-refractivity contribution in [2.45, 2.75) is 19.8 Å². The average Bonchev–Trinajstić information content (AvgIpc) is 2.53. The van der Waals surface area contributed by atoms with E-state index in [2.05, 4.69) is 26.8 Å². The highest BCUT2D eigenvalue weighted by molar-refractivity contribution is 5.62. The van der Waals surface area contributed by atoms with E-state index >= 15 is 0 Å². The zero-order valence-corrected chi connectivity index (χ0v) is 12.4. The smallest absolute Gasteiger partial charge is 0.145 e. The van der Waals surface area contributed by atoms with Crippen LogP contribution in [0.1, 0.15) is 18.3 Å². The van der Waals surface area contributed by atoms with Crippen LogP contribution in [0.15, 0.2) is 30.3 Å². The summed E-state index contributed by atoms with van der Waals surface area (Å²) in [7, 11) is 1.70. The molecule has 2 rings (SSSR count). The van der Waals surface area contributed by atoms with E-state index in [1.165, 1.54) is 5.56 Å². The molecule has 6 nitrogen and oxygen atoms in total. The molecule has 0 saturated heterocycles. The van der Waals surface area contributed by atoms with Crippen molar-refractivity contribution in [3.8, 4) is 0 Å². The standard InChI is InChI=1S/C15H21N5O/c1-3-13-18-14(10-15(19-13)20-16)17-12-7-5-4-6-11(12)8-9-21-2/h4-7,10H,3,8-9,16H2,1-2H3,(H2,17,18,19,20). The molecule has 1 aromatic carbocycles. The molecule has 4 N–H and O–H groups in total. The van der Waals surface area contributed by atoms with Gasteiger partial charge in [-0.15, -0.1) is 0 Å². The zero-order chi connectivity index (χ0) is 15.1. The molecule has 0 saturated carbocycles. The van der Waals surface area contributed by atoms with E-state index in [1.807, 2.05) is 25.1 Å². The Morgan fingerprint density at radius 3 is 2.67 bits per heavy atom. The predicted octanol–water partition coefficient (Wildman–Crippen LogP) is 2.26. The Morgan fingerprint density at radius 2 is 1.95 bits per heavy atom. The first-order chi connectivity index (χ1) is 10.3. The molecule has 1 aromatic heterocycles. The van der Waals surface area contributed by atoms with Crippen LogP contribution < -0.4 is 16.6 Å². The van der Waals surface area contributed by atoms with Gasteiger partial charge in [-0.25, -0.2) is 15.8 Å². The van der Waals surface area contributed by atoms with Gasteiger partial charge in [-0.05, 0) is 18.1 Å². The van der Waals surface area contributed by atoms with Gasteiger partial charge in [0.05, 0.1) is 6.61 Å². The fourth-order valence-corrected chi connectivity index (χ4v) is 2.00. The van der Waals surface area contributed by atoms with Gasteiger partial charge in [-0.1, -0.05) is 25.1 Å². The lowest BCUT2D eigenvalue weighted by atomic mass is 10.1. The molecule has 0 bridgehead atoms. The number of hydrogen-bond acceptors (Lipinski definition) is 6. The minimum Gasteiger partial charge on any atom is -0.384 e. The first-order valence-corrected chi connectivity index (χ1v) is 6.95. The van der Waals surface area contributed by atoms with Crippen LogP contribution in [-0.2, 0) is 17.6 Å². The van der Waals surface area contributed by atoms with Crippen LogP contribution in [0.5, 0.6) is 0 Å². The molecule has 0 spiro atoms. The fraction of sp³-hybridized carbons (Fsp3) is 0.333. The first-order valence-electron chi connectivity index (χ1n) is 6.95. The zero-order valence-electron chi connectivity index (χ0n) is 12.4. The van der Waals surface area contributed by atoms with Crippen molar-refractivity contribution in [2.24, 2.45) is 5.84 Å². The maximum absolute atomic E-state index is 5.45. The van der Waals surface area contributed by atoms with E-state index in [0.29, 0.717) is 12.4 Å². The number of nitrogens with two attached hydrogens (primary N) is 1. The van der Waals surface area contributed by atoms with E-state index in [1.54, 1.807) is 13.2 Å². The van der Waals surface area contributed by atoms with E-state index in [-0.39, 0.29) is 0 Å². The third-order valence-corrected chi connectivity index (χ3v) is 3.09. The highest BCUT2D eigenvalue weighted by Crippen LogP contribution is 2.21. The largest absolute Gasteiger partial charge is 0.384 e. The third-order valence-electron chi connectivity index (χ3n) is 3.09. The van der Waals surface area contributed by atoms with E-state index in [0.717, 1.165) is 30.2 Å². The van der Waals surface area contributed by atoms with Crippen LogP contribution in [0.2, 0.25) is 0 Å². The third kappa shape index (κ3) is 4.14. The molecule has 112 valence electrons. The van der Waals surface area contributed by atoms with Gasteiger partial charge >= 0.3 is 0 Å². The summed E-state index contributed by atoms with van der Waals surface area (Å²) in [5.74, 6) is 7.50. The summed E-state index contributed by atoms with van der Waals surface area (Å²) in [5.41, 5.74) is 4.76. The Kier molecular flexibility index (Phi) is 5.48. The van der Waals surface area contributed by atoms with E-state index in [9.17, 15) is 0 Å². The summed E-state index contributed by atoms with van der Waals surface area (Å²) >= 11 is 0. The maximum atomic E-state index is 5.45. The molecule has 0 radical (unpaired) electrons. The van der Waals surface area contributed by atoms with Crippen molar-refractivity contribution < 1.29 is 4.74 Å². The molecular weight excluding hydrogens is 266 g/mol. The van der Waals surface area contributed by atoms with Gasteiger partial charge in [0.25, 0.3) is 0 Å². The van der Waals surface area contributed by atoms with Gasteiger partial charge in [-0.3, -0.25) is 0 Å². The first kappa shape index (κ1) is 15.2. The van der Waals surface area contributed by atoms with Gasteiger partial charge in [0.1, 0.15) is 17.5 Å². The van der Waals surface area contributed by atoms with Crippen LogP contribution in [0.4, 0.5) is 17.3 Å². The molecule has 0 aliphatic carbocycles. The Hall–Kier alpha value is -2.18. The topological polar surface area (TPSA) is 85.1 Å². The van der Waals surface area contributed by atoms with Gasteiger partial charge in [-0.2, -0.15) is 0 Å². The predicted molar refractivity (Wildman–Crippen MR) is 84.5 cm³/mol. The highest BCUT2D eigenvalue weighted by Gasteiger charge is 2.06. The molecule has 2 aromatic rings. The highest BCUT2D eigenvalue weighted by atomic mass is 16.5. The lowest BCUT2D eigenvalue weighted by Crippen LogP contribution is -2.11. The summed E-state index contributed by atoms with van der Waals surface area (Å²) in [5, 5.41) is 3.33. The van der Waals surface area contributed by atoms with Gasteiger partial charge in [0, 0.05) is 25.3 Å². The van der Waals surface area contributed by atoms with Crippen LogP contribution in [-0.4, -0.2) is 23.7 Å². The van der Waals surface area contributed by atoms with Gasteiger partial charge < -0.3 is 15.5 Å². The van der Waals surface area contributed by atoms with Crippen LogP contribution >= 0.6 is 0 Å². The number of ether oxygens (including phenoxy) is 1. The number of nitrogens with zero attached hydrogens (tertiary/aromatic N) is 2. The number of nitrogen functional groups attached to an aromatic ring is 1. The van der Waals surface area contributed by atoms with Crippen LogP contribution in [0, 0.1) is 0 Å². The fourth-order valence-electron chi connectivity index (χ4n) is 2.00. The molecule has 0 atom stereocenters. The second kappa shape index (κ2) is 7.56. The number of anilines is 3. The number of nitrogens with one attached hydrogen (secondary N) is 2. The lowest BCUT2D eigenvalue weighted by Gasteiger charge is -2.12. The number of rotatable bonds is 7. The second-order valence-electron chi connectivity index (χ2n) is 4.58. The number of methoxy groups -OCH3 is 1. The molecule has 6 heteroatoms.